The first-order chi connectivity index (χ1) is 8.09. The summed E-state index contributed by atoms with van der Waals surface area (Å²) >= 11 is 0. The third-order valence-corrected chi connectivity index (χ3v) is 3.23. The number of carbonyl (C=O) groups excluding carboxylic acids is 2. The van der Waals surface area contributed by atoms with Crippen LogP contribution in [0, 0.1) is 13.8 Å². The number of ether oxygens (including phenoxy) is 1. The van der Waals surface area contributed by atoms with Gasteiger partial charge in [0, 0.05) is 0 Å². The van der Waals surface area contributed by atoms with Gasteiger partial charge in [-0.2, -0.15) is 0 Å². The summed E-state index contributed by atoms with van der Waals surface area (Å²) in [6.45, 7) is 3.85. The Balaban J connectivity index is 2.52. The summed E-state index contributed by atoms with van der Waals surface area (Å²) < 4.78 is 4.65. The monoisotopic (exact) mass is 226 g/mol. The van der Waals surface area contributed by atoms with Gasteiger partial charge in [-0.1, -0.05) is 18.2 Å². The van der Waals surface area contributed by atoms with E-state index in [4.69, 9.17) is 0 Å². The smallest absolute Gasteiger partial charge is 0.347 e. The molecule has 2 aromatic rings. The highest BCUT2D eigenvalue weighted by molar-refractivity contribution is 6.18. The average Bonchev–Trinajstić information content (AvgIpc) is 2.55. The number of aryl methyl sites for hydroxylation is 2. The number of rotatable bonds is 0. The largest absolute Gasteiger partial charge is 0.386 e. The maximum atomic E-state index is 11.6. The molecule has 0 radical (unpaired) electrons. The number of fused-ring (bicyclic) bond motifs is 2. The van der Waals surface area contributed by atoms with E-state index in [1.807, 2.05) is 32.0 Å². The third-order valence-electron chi connectivity index (χ3n) is 3.23. The van der Waals surface area contributed by atoms with Crippen molar-refractivity contribution in [3.63, 3.8) is 0 Å². The van der Waals surface area contributed by atoms with Crippen molar-refractivity contribution in [1.82, 2.24) is 0 Å². The summed E-state index contributed by atoms with van der Waals surface area (Å²) in [4.78, 5) is 23.1. The van der Waals surface area contributed by atoms with Crippen molar-refractivity contribution < 1.29 is 14.3 Å². The molecule has 3 rings (SSSR count). The van der Waals surface area contributed by atoms with Crippen LogP contribution < -0.4 is 0 Å². The molecule has 2 aromatic carbocycles. The second-order valence-corrected chi connectivity index (χ2v) is 4.27. The van der Waals surface area contributed by atoms with Crippen LogP contribution in [0.1, 0.15) is 31.8 Å². The quantitative estimate of drug-likeness (QED) is 0.512. The first kappa shape index (κ1) is 10.0. The van der Waals surface area contributed by atoms with Crippen LogP contribution in [-0.2, 0) is 4.74 Å². The molecular weight excluding hydrogens is 216 g/mol. The molecule has 17 heavy (non-hydrogen) atoms. The molecule has 0 bridgehead atoms. The minimum Gasteiger partial charge on any atom is -0.386 e. The number of carbonyl (C=O) groups is 2. The van der Waals surface area contributed by atoms with Crippen LogP contribution in [0.15, 0.2) is 24.3 Å². The molecule has 1 heterocycles. The van der Waals surface area contributed by atoms with Crippen LogP contribution in [0.3, 0.4) is 0 Å². The SMILES string of the molecule is Cc1cccc2cc3c(c(C)c12)C(=O)OC3=O. The van der Waals surface area contributed by atoms with Crippen LogP contribution in [-0.4, -0.2) is 11.9 Å². The minimum atomic E-state index is -0.545. The Kier molecular flexibility index (Phi) is 1.87. The lowest BCUT2D eigenvalue weighted by Crippen LogP contribution is -1.99. The minimum absolute atomic E-state index is 0.380. The zero-order valence-electron chi connectivity index (χ0n) is 9.53. The van der Waals surface area contributed by atoms with Gasteiger partial charge in [0.2, 0.25) is 0 Å². The zero-order valence-corrected chi connectivity index (χ0v) is 9.53. The highest BCUT2D eigenvalue weighted by Crippen LogP contribution is 2.32. The van der Waals surface area contributed by atoms with Gasteiger partial charge < -0.3 is 4.74 Å². The molecule has 0 unspecified atom stereocenters. The molecule has 3 nitrogen and oxygen atoms in total. The van der Waals surface area contributed by atoms with Gasteiger partial charge in [0.25, 0.3) is 0 Å². The predicted octanol–water partition coefficient (Wildman–Crippen LogP) is 2.77. The molecule has 0 atom stereocenters. The fourth-order valence-corrected chi connectivity index (χ4v) is 2.49. The molecule has 0 aromatic heterocycles. The highest BCUT2D eigenvalue weighted by Gasteiger charge is 2.32. The predicted molar refractivity (Wildman–Crippen MR) is 63.2 cm³/mol. The van der Waals surface area contributed by atoms with Gasteiger partial charge in [0.15, 0.2) is 0 Å². The van der Waals surface area contributed by atoms with E-state index >= 15 is 0 Å². The van der Waals surface area contributed by atoms with E-state index in [0.29, 0.717) is 11.1 Å². The first-order valence-electron chi connectivity index (χ1n) is 5.39. The topological polar surface area (TPSA) is 43.4 Å². The number of cyclic esters (lactones) is 2. The van der Waals surface area contributed by atoms with Crippen molar-refractivity contribution >= 4 is 22.7 Å². The summed E-state index contributed by atoms with van der Waals surface area (Å²) in [7, 11) is 0. The maximum Gasteiger partial charge on any atom is 0.347 e. The fraction of sp³-hybridized carbons (Fsp3) is 0.143. The number of benzene rings is 2. The molecule has 0 spiro atoms. The zero-order chi connectivity index (χ0) is 12.2. The second kappa shape index (κ2) is 3.17. The molecule has 0 aliphatic carbocycles. The molecule has 1 aliphatic rings. The number of esters is 2. The summed E-state index contributed by atoms with van der Waals surface area (Å²) in [5.41, 5.74) is 2.71. The van der Waals surface area contributed by atoms with E-state index in [-0.39, 0.29) is 0 Å². The average molecular weight is 226 g/mol. The normalized spacial score (nSPS) is 14.0. The van der Waals surface area contributed by atoms with E-state index in [1.54, 1.807) is 6.07 Å². The van der Waals surface area contributed by atoms with Gasteiger partial charge in [-0.3, -0.25) is 0 Å². The Hall–Kier alpha value is -2.16. The van der Waals surface area contributed by atoms with Crippen LogP contribution in [0.2, 0.25) is 0 Å². The van der Waals surface area contributed by atoms with Crippen molar-refractivity contribution in [2.24, 2.45) is 0 Å². The summed E-state index contributed by atoms with van der Waals surface area (Å²) in [5.74, 6) is -1.08. The van der Waals surface area contributed by atoms with E-state index in [1.165, 1.54) is 0 Å². The van der Waals surface area contributed by atoms with Crippen LogP contribution in [0.25, 0.3) is 10.8 Å². The van der Waals surface area contributed by atoms with Crippen LogP contribution in [0.4, 0.5) is 0 Å². The van der Waals surface area contributed by atoms with Crippen molar-refractivity contribution in [2.45, 2.75) is 13.8 Å². The molecule has 0 N–H and O–H groups in total. The summed E-state index contributed by atoms with van der Waals surface area (Å²) in [5, 5.41) is 1.99. The van der Waals surface area contributed by atoms with Crippen molar-refractivity contribution in [2.75, 3.05) is 0 Å². The Morgan fingerprint density at radius 2 is 1.82 bits per heavy atom. The van der Waals surface area contributed by atoms with E-state index in [0.717, 1.165) is 21.9 Å². The molecule has 0 fully saturated rings. The van der Waals surface area contributed by atoms with Crippen molar-refractivity contribution in [3.8, 4) is 0 Å². The van der Waals surface area contributed by atoms with Gasteiger partial charge >= 0.3 is 11.9 Å². The lowest BCUT2D eigenvalue weighted by molar-refractivity contribution is 0.0443. The molecule has 0 saturated heterocycles. The Morgan fingerprint density at radius 1 is 1.06 bits per heavy atom. The van der Waals surface area contributed by atoms with Gasteiger partial charge in [0.05, 0.1) is 11.1 Å². The van der Waals surface area contributed by atoms with E-state index in [9.17, 15) is 9.59 Å². The Morgan fingerprint density at radius 3 is 2.59 bits per heavy atom. The van der Waals surface area contributed by atoms with Gasteiger partial charge in [-0.25, -0.2) is 9.59 Å². The Bertz CT molecular complexity index is 683. The first-order valence-corrected chi connectivity index (χ1v) is 5.39. The van der Waals surface area contributed by atoms with Crippen molar-refractivity contribution in [1.29, 1.82) is 0 Å². The molecule has 0 saturated carbocycles. The molecule has 3 heteroatoms. The number of hydrogen-bond donors (Lipinski definition) is 0. The van der Waals surface area contributed by atoms with Gasteiger partial charge in [-0.05, 0) is 41.8 Å². The third kappa shape index (κ3) is 1.22. The summed E-state index contributed by atoms with van der Waals surface area (Å²) in [6.07, 6.45) is 0. The second-order valence-electron chi connectivity index (χ2n) is 4.27. The lowest BCUT2D eigenvalue weighted by Gasteiger charge is -2.08. The molecular formula is C14H10O3. The standard InChI is InChI=1S/C14H10O3/c1-7-4-3-5-9-6-10-12(8(2)11(7)9)14(16)17-13(10)15/h3-6H,1-2H3. The van der Waals surface area contributed by atoms with E-state index in [2.05, 4.69) is 4.74 Å². The van der Waals surface area contributed by atoms with E-state index < -0.39 is 11.9 Å². The Labute approximate surface area is 98.0 Å². The number of hydrogen-bond acceptors (Lipinski definition) is 3. The fourth-order valence-electron chi connectivity index (χ4n) is 2.49. The molecule has 0 amide bonds. The lowest BCUT2D eigenvalue weighted by atomic mass is 9.93. The highest BCUT2D eigenvalue weighted by atomic mass is 16.6. The van der Waals surface area contributed by atoms with Crippen molar-refractivity contribution in [3.05, 3.63) is 46.5 Å². The summed E-state index contributed by atoms with van der Waals surface area (Å²) in [6, 6.07) is 7.60. The van der Waals surface area contributed by atoms with Crippen LogP contribution >= 0.6 is 0 Å². The maximum absolute atomic E-state index is 11.6. The van der Waals surface area contributed by atoms with Crippen LogP contribution in [0.5, 0.6) is 0 Å². The van der Waals surface area contributed by atoms with Gasteiger partial charge in [0.1, 0.15) is 0 Å². The van der Waals surface area contributed by atoms with Gasteiger partial charge in [-0.15, -0.1) is 0 Å². The molecule has 84 valence electrons. The molecule has 1 aliphatic heterocycles.